The number of hydrogen-bond donors (Lipinski definition) is 5. The van der Waals surface area contributed by atoms with Gasteiger partial charge in [-0.25, -0.2) is 9.55 Å². The molecule has 0 amide bonds. The Kier molecular flexibility index (Phi) is 8.28. The van der Waals surface area contributed by atoms with Gasteiger partial charge in [0.25, 0.3) is 5.56 Å². The van der Waals surface area contributed by atoms with E-state index in [0.29, 0.717) is 0 Å². The molecule has 0 saturated carbocycles. The number of nitrogens with zero attached hydrogens (tertiary/aromatic N) is 3. The molecule has 0 spiro atoms. The number of nitrogens with one attached hydrogen (secondary N) is 1. The number of phosphoric ester groups is 1. The van der Waals surface area contributed by atoms with Gasteiger partial charge >= 0.3 is 7.82 Å². The molecule has 12 nitrogen and oxygen atoms in total. The van der Waals surface area contributed by atoms with Crippen molar-refractivity contribution in [2.75, 3.05) is 12.3 Å². The van der Waals surface area contributed by atoms with Crippen LogP contribution in [-0.2, 0) is 13.8 Å². The molecule has 2 radical (unpaired) electrons. The van der Waals surface area contributed by atoms with Gasteiger partial charge in [0.05, 0.1) is 19.0 Å². The van der Waals surface area contributed by atoms with Crippen LogP contribution >= 0.6 is 7.82 Å². The number of fused-ring (bicyclic) bond motifs is 1. The number of phosphoric acid groups is 1. The molecule has 25 heavy (non-hydrogen) atoms. The molecule has 1 aliphatic heterocycles. The Morgan fingerprint density at radius 3 is 2.80 bits per heavy atom. The standard InChI is InChI=1S/C10H14N5O7P.2Na/c11-10-13-8-7(9(17)14-10)12-3-15(8)6-1-4(16)5(22-6)2-21-23(18,19)20;;/h3-6,16H,1-2H2,(H2,18,19,20)(H3,11,13,14,17);;/t4-,5+,6+;;/m0../s1. The van der Waals surface area contributed by atoms with Gasteiger partial charge in [0.1, 0.15) is 12.3 Å². The van der Waals surface area contributed by atoms with E-state index in [1.54, 1.807) is 0 Å². The van der Waals surface area contributed by atoms with Crippen molar-refractivity contribution in [1.29, 1.82) is 0 Å². The largest absolute Gasteiger partial charge is 0.469 e. The summed E-state index contributed by atoms with van der Waals surface area (Å²) in [4.78, 5) is 39.3. The van der Waals surface area contributed by atoms with E-state index in [0.717, 1.165) is 0 Å². The maximum atomic E-state index is 11.7. The van der Waals surface area contributed by atoms with Gasteiger partial charge in [0, 0.05) is 65.5 Å². The van der Waals surface area contributed by atoms with E-state index in [1.807, 2.05) is 0 Å². The van der Waals surface area contributed by atoms with E-state index in [1.165, 1.54) is 10.9 Å². The third-order valence-electron chi connectivity index (χ3n) is 3.37. The molecule has 6 N–H and O–H groups in total. The fourth-order valence-electron chi connectivity index (χ4n) is 2.36. The van der Waals surface area contributed by atoms with Gasteiger partial charge in [-0.2, -0.15) is 4.98 Å². The molecule has 128 valence electrons. The average molecular weight is 393 g/mol. The number of aliphatic hydroxyl groups excluding tert-OH is 1. The van der Waals surface area contributed by atoms with Crippen LogP contribution in [0.1, 0.15) is 12.6 Å². The van der Waals surface area contributed by atoms with Crippen molar-refractivity contribution in [1.82, 2.24) is 19.5 Å². The first kappa shape index (κ1) is 23.2. The van der Waals surface area contributed by atoms with Crippen LogP contribution in [0.3, 0.4) is 0 Å². The number of ether oxygens (including phenoxy) is 1. The number of anilines is 1. The van der Waals surface area contributed by atoms with Crippen molar-refractivity contribution in [3.63, 3.8) is 0 Å². The van der Waals surface area contributed by atoms with E-state index < -0.39 is 38.4 Å². The van der Waals surface area contributed by atoms with Crippen molar-refractivity contribution in [3.8, 4) is 0 Å². The summed E-state index contributed by atoms with van der Waals surface area (Å²) in [5.74, 6) is -0.0934. The van der Waals surface area contributed by atoms with E-state index >= 15 is 0 Å². The molecule has 1 fully saturated rings. The maximum Gasteiger partial charge on any atom is 0.469 e. The van der Waals surface area contributed by atoms with Crippen LogP contribution in [0.15, 0.2) is 11.1 Å². The first-order chi connectivity index (χ1) is 10.7. The molecule has 0 bridgehead atoms. The van der Waals surface area contributed by atoms with E-state index in [4.69, 9.17) is 20.3 Å². The normalized spacial score (nSPS) is 23.2. The topological polar surface area (TPSA) is 186 Å². The summed E-state index contributed by atoms with van der Waals surface area (Å²) in [6.07, 6.45) is -1.26. The number of aromatic nitrogens is 4. The Hall–Kier alpha value is 0.180. The summed E-state index contributed by atoms with van der Waals surface area (Å²) in [5.41, 5.74) is 5.23. The molecule has 3 heterocycles. The zero-order chi connectivity index (χ0) is 16.8. The summed E-state index contributed by atoms with van der Waals surface area (Å²) in [7, 11) is -4.66. The number of H-pyrrole nitrogens is 1. The summed E-state index contributed by atoms with van der Waals surface area (Å²) in [6.45, 7) is -0.481. The summed E-state index contributed by atoms with van der Waals surface area (Å²) >= 11 is 0. The van der Waals surface area contributed by atoms with Crippen molar-refractivity contribution in [2.45, 2.75) is 24.9 Å². The minimum Gasteiger partial charge on any atom is -0.390 e. The van der Waals surface area contributed by atoms with Crippen molar-refractivity contribution in [3.05, 3.63) is 16.7 Å². The van der Waals surface area contributed by atoms with E-state index in [2.05, 4.69) is 19.5 Å². The predicted molar refractivity (Wildman–Crippen MR) is 86.6 cm³/mol. The first-order valence-corrected chi connectivity index (χ1v) is 8.03. The zero-order valence-electron chi connectivity index (χ0n) is 13.6. The van der Waals surface area contributed by atoms with Crippen LogP contribution in [0.25, 0.3) is 11.2 Å². The Labute approximate surface area is 184 Å². The second kappa shape index (κ2) is 8.91. The molecule has 2 aromatic rings. The van der Waals surface area contributed by atoms with Crippen molar-refractivity contribution >= 4 is 84.0 Å². The maximum absolute atomic E-state index is 11.7. The van der Waals surface area contributed by atoms with Gasteiger partial charge in [-0.05, 0) is 0 Å². The van der Waals surface area contributed by atoms with Crippen LogP contribution in [-0.4, -0.2) is 112 Å². The van der Waals surface area contributed by atoms with Gasteiger partial charge in [-0.3, -0.25) is 18.9 Å². The number of rotatable bonds is 4. The molecule has 2 aromatic heterocycles. The number of aromatic amines is 1. The number of nitrogen functional groups attached to an aromatic ring is 1. The quantitative estimate of drug-likeness (QED) is 0.279. The Balaban J connectivity index is 0.00000156. The van der Waals surface area contributed by atoms with Crippen molar-refractivity contribution < 1.29 is 28.7 Å². The van der Waals surface area contributed by atoms with E-state index in [-0.39, 0.29) is 82.6 Å². The second-order valence-corrected chi connectivity index (χ2v) is 6.23. The predicted octanol–water partition coefficient (Wildman–Crippen LogP) is -2.30. The number of hydrogen-bond acceptors (Lipinski definition) is 8. The number of aliphatic hydroxyl groups is 1. The summed E-state index contributed by atoms with van der Waals surface area (Å²) < 4.78 is 22.0. The van der Waals surface area contributed by atoms with Gasteiger partial charge in [0.15, 0.2) is 11.2 Å². The third kappa shape index (κ3) is 5.34. The molecule has 0 unspecified atom stereocenters. The Bertz CT molecular complexity index is 839. The number of imidazole rings is 1. The van der Waals surface area contributed by atoms with Crippen LogP contribution in [0, 0.1) is 0 Å². The average Bonchev–Trinajstić information content (AvgIpc) is 2.99. The second-order valence-electron chi connectivity index (χ2n) is 4.99. The molecule has 3 rings (SSSR count). The molecule has 0 aromatic carbocycles. The molecule has 3 atom stereocenters. The molecule has 15 heteroatoms. The van der Waals surface area contributed by atoms with Crippen LogP contribution < -0.4 is 11.3 Å². The van der Waals surface area contributed by atoms with Gasteiger partial charge in [-0.15, -0.1) is 0 Å². The van der Waals surface area contributed by atoms with E-state index in [9.17, 15) is 14.5 Å². The zero-order valence-corrected chi connectivity index (χ0v) is 18.5. The molecule has 1 saturated heterocycles. The van der Waals surface area contributed by atoms with Crippen molar-refractivity contribution in [2.24, 2.45) is 0 Å². The molecular formula is C10H14N5Na2O7P. The van der Waals surface area contributed by atoms with Gasteiger partial charge in [-0.1, -0.05) is 0 Å². The molecule has 0 aliphatic carbocycles. The van der Waals surface area contributed by atoms with Gasteiger partial charge < -0.3 is 25.4 Å². The van der Waals surface area contributed by atoms with Crippen LogP contribution in [0.2, 0.25) is 0 Å². The first-order valence-electron chi connectivity index (χ1n) is 6.50. The molecule has 1 aliphatic rings. The smallest absolute Gasteiger partial charge is 0.390 e. The Morgan fingerprint density at radius 2 is 2.16 bits per heavy atom. The summed E-state index contributed by atoms with van der Waals surface area (Å²) in [6, 6.07) is 0. The fraction of sp³-hybridized carbons (Fsp3) is 0.500. The minimum atomic E-state index is -4.66. The SMILES string of the molecule is Nc1nc2c(ncn2[C@H]2C[C@H](O)[C@@H](COP(=O)(O)O)O2)c(=O)[nH]1.[Na].[Na]. The van der Waals surface area contributed by atoms with Gasteiger partial charge in [0.2, 0.25) is 5.95 Å². The fourth-order valence-corrected chi connectivity index (χ4v) is 2.70. The van der Waals surface area contributed by atoms with Crippen LogP contribution in [0.5, 0.6) is 0 Å². The Morgan fingerprint density at radius 1 is 1.48 bits per heavy atom. The molecular weight excluding hydrogens is 379 g/mol. The summed E-state index contributed by atoms with van der Waals surface area (Å²) in [5, 5.41) is 9.93. The third-order valence-corrected chi connectivity index (χ3v) is 3.86. The minimum absolute atomic E-state index is 0. The van der Waals surface area contributed by atoms with Crippen LogP contribution in [0.4, 0.5) is 5.95 Å². The number of nitrogens with two attached hydrogens (primary N) is 1. The monoisotopic (exact) mass is 393 g/mol.